The first-order valence-corrected chi connectivity index (χ1v) is 19.5. The van der Waals surface area contributed by atoms with Gasteiger partial charge in [-0.1, -0.05) is 37.0 Å². The van der Waals surface area contributed by atoms with Gasteiger partial charge in [-0.25, -0.2) is 9.59 Å². The summed E-state index contributed by atoms with van der Waals surface area (Å²) < 4.78 is 88.7. The Balaban J connectivity index is 0.000000333. The lowest BCUT2D eigenvalue weighted by Gasteiger charge is -2.12. The van der Waals surface area contributed by atoms with Crippen LogP contribution in [0, 0.1) is 5.41 Å². The Morgan fingerprint density at radius 2 is 1.05 bits per heavy atom. The van der Waals surface area contributed by atoms with E-state index in [9.17, 15) is 45.5 Å². The van der Waals surface area contributed by atoms with Crippen LogP contribution in [0.15, 0.2) is 115 Å². The fourth-order valence-corrected chi connectivity index (χ4v) is 5.37. The number of nitrogens with zero attached hydrogens (tertiary/aromatic N) is 1. The van der Waals surface area contributed by atoms with Crippen LogP contribution in [-0.4, -0.2) is 48.7 Å². The van der Waals surface area contributed by atoms with Gasteiger partial charge in [-0.15, -0.1) is 0 Å². The number of benzene rings is 4. The molecule has 344 valence electrons. The zero-order valence-electron chi connectivity index (χ0n) is 34.8. The van der Waals surface area contributed by atoms with E-state index in [1.807, 2.05) is 13.8 Å². The molecule has 22 heteroatoms. The van der Waals surface area contributed by atoms with Gasteiger partial charge < -0.3 is 41.4 Å². The molecule has 4 aromatic carbocycles. The molecule has 1 heterocycles. The maximum absolute atomic E-state index is 12.9. The molecule has 0 fully saturated rings. The van der Waals surface area contributed by atoms with Gasteiger partial charge in [0.2, 0.25) is 0 Å². The molecule has 5 aromatic rings. The van der Waals surface area contributed by atoms with Crippen molar-refractivity contribution < 1.29 is 55.0 Å². The van der Waals surface area contributed by atoms with Gasteiger partial charge in [0.05, 0.1) is 21.2 Å². The van der Waals surface area contributed by atoms with Gasteiger partial charge in [-0.3, -0.25) is 20.0 Å². The van der Waals surface area contributed by atoms with Crippen molar-refractivity contribution in [2.45, 2.75) is 33.1 Å². The smallest absolute Gasteiger partial charge is 0.417 e. The lowest BCUT2D eigenvalue weighted by atomic mass is 10.2. The third-order valence-electron chi connectivity index (χ3n) is 7.81. The van der Waals surface area contributed by atoms with Crippen LogP contribution in [0.25, 0.3) is 0 Å². The van der Waals surface area contributed by atoms with Crippen LogP contribution >= 0.6 is 23.2 Å². The van der Waals surface area contributed by atoms with Gasteiger partial charge in [0.1, 0.15) is 34.4 Å². The highest BCUT2D eigenvalue weighted by Gasteiger charge is 2.34. The Hall–Kier alpha value is -7.32. The van der Waals surface area contributed by atoms with E-state index in [4.69, 9.17) is 38.1 Å². The first kappa shape index (κ1) is 52.0. The van der Waals surface area contributed by atoms with Crippen LogP contribution in [0.2, 0.25) is 10.0 Å². The zero-order chi connectivity index (χ0) is 48.5. The Morgan fingerprint density at radius 3 is 1.48 bits per heavy atom. The van der Waals surface area contributed by atoms with Gasteiger partial charge in [0, 0.05) is 55.2 Å². The van der Waals surface area contributed by atoms with Crippen LogP contribution in [0.4, 0.5) is 58.7 Å². The van der Waals surface area contributed by atoms with Crippen molar-refractivity contribution >= 4 is 75.5 Å². The highest BCUT2D eigenvalue weighted by molar-refractivity contribution is 6.42. The second-order valence-electron chi connectivity index (χ2n) is 12.5. The van der Waals surface area contributed by atoms with E-state index in [-0.39, 0.29) is 28.7 Å². The van der Waals surface area contributed by atoms with E-state index in [0.29, 0.717) is 34.4 Å². The molecule has 65 heavy (non-hydrogen) atoms. The molecule has 0 saturated heterocycles. The summed E-state index contributed by atoms with van der Waals surface area (Å²) in [7, 11) is 2.90. The highest BCUT2D eigenvalue weighted by atomic mass is 35.5. The van der Waals surface area contributed by atoms with Crippen LogP contribution < -0.4 is 41.4 Å². The van der Waals surface area contributed by atoms with E-state index in [0.717, 1.165) is 24.3 Å². The Kier molecular flexibility index (Phi) is 19.2. The molecule has 0 spiro atoms. The number of ether oxygens (including phenoxy) is 2. The molecule has 0 aliphatic rings. The summed E-state index contributed by atoms with van der Waals surface area (Å²) in [5.41, 5.74) is -1.59. The number of carbonyl (C=O) groups is 4. The standard InChI is InChI=1S/C21H16ClF3N4O3.C20H18ClF3N4O3.C2H6/c1-26-19(30)18-11-15(8-9-27-18)32-14-5-2-12(3-6-14)28-20(31)29-13-4-7-17(22)16(10-13)21(23,24)25;1-11(9-17(25)18(29)26-2)31-14-6-3-12(4-7-14)27-19(30)28-13-5-8-16(21)15(10-13)20(22,23)24;1-2/h2-11H,1H3,(H,26,30)(H2,28,29,31);3-10,25H,1-2H3,(H,26,29)(H2,27,28,30);1-2H3/b;11-9+,25-17?;. The van der Waals surface area contributed by atoms with Gasteiger partial charge in [0.15, 0.2) is 0 Å². The quantitative estimate of drug-likeness (QED) is 0.0388. The molecule has 0 unspecified atom stereocenters. The monoisotopic (exact) mass is 948 g/mol. The number of rotatable bonds is 11. The average molecular weight is 950 g/mol. The minimum absolute atomic E-state index is 0.0659. The van der Waals surface area contributed by atoms with Gasteiger partial charge in [-0.2, -0.15) is 26.3 Å². The first-order valence-electron chi connectivity index (χ1n) is 18.8. The second kappa shape index (κ2) is 23.9. The van der Waals surface area contributed by atoms with E-state index >= 15 is 0 Å². The van der Waals surface area contributed by atoms with Crippen molar-refractivity contribution in [3.05, 3.63) is 142 Å². The number of urea groups is 2. The lowest BCUT2D eigenvalue weighted by molar-refractivity contribution is -0.138. The molecule has 1 aromatic heterocycles. The Labute approximate surface area is 378 Å². The van der Waals surface area contributed by atoms with E-state index in [1.54, 1.807) is 37.3 Å². The number of carbonyl (C=O) groups excluding carboxylic acids is 4. The summed E-state index contributed by atoms with van der Waals surface area (Å²) in [4.78, 5) is 51.1. The fourth-order valence-electron chi connectivity index (χ4n) is 4.92. The number of pyridine rings is 1. The third-order valence-corrected chi connectivity index (χ3v) is 8.47. The SMILES string of the molecule is CC.CNC(=O)C(=N)/C=C(\C)Oc1ccc(NC(=O)Nc2ccc(Cl)c(C(F)(F)F)c2)cc1.CNC(=O)c1cc(Oc2ccc(NC(=O)Nc3ccc(Cl)c(C(F)(F)F)c3)cc2)ccn1. The average Bonchev–Trinajstić information content (AvgIpc) is 3.26. The largest absolute Gasteiger partial charge is 0.462 e. The summed E-state index contributed by atoms with van der Waals surface area (Å²) in [6.07, 6.45) is -6.61. The summed E-state index contributed by atoms with van der Waals surface area (Å²) in [6.45, 7) is 5.57. The van der Waals surface area contributed by atoms with Crippen LogP contribution in [0.3, 0.4) is 0 Å². The number of alkyl halides is 6. The molecule has 7 N–H and O–H groups in total. The number of amides is 6. The minimum Gasteiger partial charge on any atom is -0.462 e. The van der Waals surface area contributed by atoms with Crippen LogP contribution in [-0.2, 0) is 17.1 Å². The van der Waals surface area contributed by atoms with E-state index < -0.39 is 51.5 Å². The van der Waals surface area contributed by atoms with Crippen molar-refractivity contribution in [3.8, 4) is 17.2 Å². The minimum atomic E-state index is -4.65. The summed E-state index contributed by atoms with van der Waals surface area (Å²) in [5.74, 6) is 0.589. The van der Waals surface area contributed by atoms with Crippen LogP contribution in [0.1, 0.15) is 42.4 Å². The van der Waals surface area contributed by atoms with E-state index in [1.165, 1.54) is 68.8 Å². The van der Waals surface area contributed by atoms with Gasteiger partial charge >= 0.3 is 24.4 Å². The summed E-state index contributed by atoms with van der Waals surface area (Å²) in [6, 6.07) is 20.0. The second-order valence-corrected chi connectivity index (χ2v) is 13.3. The van der Waals surface area contributed by atoms with Gasteiger partial charge in [0.25, 0.3) is 11.8 Å². The number of allylic oxidation sites excluding steroid dienone is 1. The molecule has 0 bridgehead atoms. The van der Waals surface area contributed by atoms with Crippen molar-refractivity contribution in [2.24, 2.45) is 0 Å². The fraction of sp³-hybridized carbons (Fsp3) is 0.163. The zero-order valence-corrected chi connectivity index (χ0v) is 36.3. The van der Waals surface area contributed by atoms with Crippen molar-refractivity contribution in [2.75, 3.05) is 35.4 Å². The molecular weight excluding hydrogens is 909 g/mol. The molecule has 6 amide bonds. The molecule has 0 aliphatic heterocycles. The van der Waals surface area contributed by atoms with E-state index in [2.05, 4.69) is 36.9 Å². The highest BCUT2D eigenvalue weighted by Crippen LogP contribution is 2.37. The van der Waals surface area contributed by atoms with Crippen LogP contribution in [0.5, 0.6) is 17.2 Å². The first-order chi connectivity index (χ1) is 30.6. The predicted octanol–water partition coefficient (Wildman–Crippen LogP) is 11.6. The number of halogens is 8. The molecule has 14 nitrogen and oxygen atoms in total. The Bertz CT molecular complexity index is 2510. The Morgan fingerprint density at radius 1 is 0.615 bits per heavy atom. The normalized spacial score (nSPS) is 10.9. The number of anilines is 4. The number of hydrogen-bond donors (Lipinski definition) is 7. The molecule has 5 rings (SSSR count). The van der Waals surface area contributed by atoms with Gasteiger partial charge in [-0.05, 0) is 97.9 Å². The summed E-state index contributed by atoms with van der Waals surface area (Å²) in [5, 5.41) is 21.0. The maximum atomic E-state index is 12.9. The predicted molar refractivity (Wildman–Crippen MR) is 236 cm³/mol. The summed E-state index contributed by atoms with van der Waals surface area (Å²) >= 11 is 11.1. The molecule has 0 aliphatic carbocycles. The topological polar surface area (TPSA) is 196 Å². The molecular formula is C43H40Cl2F6N8O6. The molecule has 0 saturated carbocycles. The number of hydrogen-bond acceptors (Lipinski definition) is 8. The maximum Gasteiger partial charge on any atom is 0.417 e. The third kappa shape index (κ3) is 16.7. The molecule has 0 radical (unpaired) electrons. The molecule has 0 atom stereocenters. The van der Waals surface area contributed by atoms with Crippen molar-refractivity contribution in [1.29, 1.82) is 5.41 Å². The van der Waals surface area contributed by atoms with Crippen molar-refractivity contribution in [1.82, 2.24) is 15.6 Å². The number of aromatic nitrogens is 1. The number of nitrogens with one attached hydrogen (secondary N) is 7. The lowest BCUT2D eigenvalue weighted by Crippen LogP contribution is -2.25. The van der Waals surface area contributed by atoms with Crippen molar-refractivity contribution in [3.63, 3.8) is 0 Å².